The van der Waals surface area contributed by atoms with E-state index in [9.17, 15) is 4.79 Å². The Morgan fingerprint density at radius 3 is 2.90 bits per heavy atom. The Kier molecular flexibility index (Phi) is 1.32. The molecule has 0 saturated heterocycles. The zero-order chi connectivity index (χ0) is 15.0. The van der Waals surface area contributed by atoms with Crippen LogP contribution in [-0.2, 0) is 4.79 Å². The molecule has 10 heavy (non-hydrogen) atoms. The molecule has 0 aliphatic heterocycles. The third-order valence-corrected chi connectivity index (χ3v) is 0.876. The van der Waals surface area contributed by atoms with Crippen LogP contribution in [0.1, 0.15) is 49.0 Å². The van der Waals surface area contributed by atoms with Crippen molar-refractivity contribution >= 4 is 5.97 Å². The van der Waals surface area contributed by atoms with E-state index in [1.165, 1.54) is 0 Å². The normalized spacial score (nSPS) is 31.8. The summed E-state index contributed by atoms with van der Waals surface area (Å²) in [5, 5.41) is 3.59. The van der Waals surface area contributed by atoms with E-state index in [4.69, 9.17) is 11.0 Å². The van der Waals surface area contributed by atoms with Gasteiger partial charge in [-0.3, -0.25) is 4.79 Å². The third kappa shape index (κ3) is 3.49. The minimum atomic E-state index is -3.01. The molecule has 0 bridgehead atoms. The molecule has 1 atom stereocenters. The predicted octanol–water partition coefficient (Wildman–Crippen LogP) is 2.29. The smallest absolute Gasteiger partial charge is 0.306 e. The van der Waals surface area contributed by atoms with Crippen LogP contribution in [0.3, 0.4) is 0 Å². The van der Waals surface area contributed by atoms with Gasteiger partial charge in [-0.2, -0.15) is 0 Å². The molecule has 0 rings (SSSR count). The highest BCUT2D eigenvalue weighted by atomic mass is 16.4. The fourth-order valence-electron chi connectivity index (χ4n) is 0.495. The van der Waals surface area contributed by atoms with Crippen LogP contribution < -0.4 is 0 Å². The van der Waals surface area contributed by atoms with Gasteiger partial charge in [0.25, 0.3) is 1.43 Å². The first-order valence-electron chi connectivity index (χ1n) is 6.77. The zero-order valence-electron chi connectivity index (χ0n) is 14.0. The topological polar surface area (TPSA) is 37.3 Å². The maximum atomic E-state index is 11.4. The van der Waals surface area contributed by atoms with Crippen molar-refractivity contribution < 1.29 is 19.5 Å². The lowest BCUT2D eigenvalue weighted by Crippen LogP contribution is -2.12. The van der Waals surface area contributed by atoms with E-state index < -0.39 is 37.4 Å². The molecule has 0 aliphatic rings. The van der Waals surface area contributed by atoms with Crippen LogP contribution >= 0.6 is 0 Å². The number of aliphatic carboxylic acids is 1. The number of carbonyl (C=O) groups is 1. The van der Waals surface area contributed by atoms with Crippen molar-refractivity contribution in [2.75, 3.05) is 0 Å². The second-order valence-corrected chi connectivity index (χ2v) is 1.67. The van der Waals surface area contributed by atoms with Gasteiger partial charge in [0.15, 0.2) is 0 Å². The van der Waals surface area contributed by atoms with Gasteiger partial charge in [-0.05, 0) is 12.8 Å². The van der Waals surface area contributed by atoms with Gasteiger partial charge in [0.1, 0.15) is 0 Å². The minimum Gasteiger partial charge on any atom is -0.481 e. The van der Waals surface area contributed by atoms with Crippen LogP contribution in [0.5, 0.6) is 0 Å². The van der Waals surface area contributed by atoms with Crippen molar-refractivity contribution in [1.82, 2.24) is 0 Å². The van der Waals surface area contributed by atoms with Gasteiger partial charge in [-0.15, -0.1) is 0 Å². The van der Waals surface area contributed by atoms with Crippen LogP contribution in [0.25, 0.3) is 1.43 Å². The van der Waals surface area contributed by atoms with Crippen molar-refractivity contribution in [3.63, 3.8) is 0 Å². The fraction of sp³-hybridized carbons (Fsp3) is 0.875. The van der Waals surface area contributed by atoms with Gasteiger partial charge in [0.05, 0.1) is 5.89 Å². The second kappa shape index (κ2) is 5.27. The monoisotopic (exact) mass is 152 g/mol. The van der Waals surface area contributed by atoms with Crippen molar-refractivity contribution in [1.29, 1.82) is 1.43 Å². The first kappa shape index (κ1) is 2.50. The number of carboxylic acids is 1. The van der Waals surface area contributed by atoms with Gasteiger partial charge in [-0.25, -0.2) is 0 Å². The van der Waals surface area contributed by atoms with Crippen molar-refractivity contribution in [2.45, 2.75) is 39.4 Å². The van der Waals surface area contributed by atoms with E-state index in [0.29, 0.717) is 0 Å². The van der Waals surface area contributed by atoms with Gasteiger partial charge in [-0.1, -0.05) is 26.6 Å². The summed E-state index contributed by atoms with van der Waals surface area (Å²) in [4.78, 5) is 11.4. The highest BCUT2D eigenvalue weighted by Crippen LogP contribution is 2.12. The van der Waals surface area contributed by atoms with Crippen LogP contribution in [0.15, 0.2) is 0 Å². The summed E-state index contributed by atoms with van der Waals surface area (Å²) < 4.78 is 58.8. The lowest BCUT2D eigenvalue weighted by molar-refractivity contribution is -0.142. The van der Waals surface area contributed by atoms with Gasteiger partial charge in [0.2, 0.25) is 0 Å². The summed E-state index contributed by atoms with van der Waals surface area (Å²) in [7, 11) is 0. The van der Waals surface area contributed by atoms with Crippen molar-refractivity contribution in [3.8, 4) is 0 Å². The molecular weight excluding hydrogens is 128 g/mol. The Labute approximate surface area is 73.6 Å². The molecule has 0 saturated carbocycles. The molecule has 0 aromatic carbocycles. The van der Waals surface area contributed by atoms with E-state index in [2.05, 4.69) is 5.11 Å². The lowest BCUT2D eigenvalue weighted by atomic mass is 9.99. The summed E-state index contributed by atoms with van der Waals surface area (Å²) in [5.41, 5.74) is 0. The summed E-state index contributed by atoms with van der Waals surface area (Å²) in [6.45, 7) is 1.88. The zero-order valence-corrected chi connectivity index (χ0v) is 6.02. The molecule has 0 spiro atoms. The quantitative estimate of drug-likeness (QED) is 0.656. The average molecular weight is 152 g/mol. The van der Waals surface area contributed by atoms with Crippen LogP contribution in [0, 0.1) is 5.89 Å². The Bertz CT molecular complexity index is 318. The number of hydrogen-bond donors (Lipinski definition) is 1. The molecule has 0 heterocycles. The largest absolute Gasteiger partial charge is 0.481 e. The molecular formula is C8H16O2. The first-order chi connectivity index (χ1) is 7.69. The average Bonchev–Trinajstić information content (AvgIpc) is 2.11. The Morgan fingerprint density at radius 2 is 2.50 bits per heavy atom. The molecule has 0 amide bonds. The highest BCUT2D eigenvalue weighted by molar-refractivity contribution is 5.69. The maximum Gasteiger partial charge on any atom is 0.306 e. The summed E-state index contributed by atoms with van der Waals surface area (Å²) in [5.74, 6) is -4.46. The van der Waals surface area contributed by atoms with Crippen molar-refractivity contribution in [3.05, 3.63) is 0 Å². The summed E-state index contributed by atoms with van der Waals surface area (Å²) >= 11 is 0. The molecule has 1 N–H and O–H groups in total. The van der Waals surface area contributed by atoms with Crippen LogP contribution in [0.2, 0.25) is 0 Å². The summed E-state index contributed by atoms with van der Waals surface area (Å²) in [6.07, 6.45) is -8.59. The van der Waals surface area contributed by atoms with E-state index in [0.717, 1.165) is 13.8 Å². The van der Waals surface area contributed by atoms with Gasteiger partial charge < -0.3 is 5.11 Å². The molecule has 0 radical (unpaired) electrons. The number of carboxylic acid groups (broad SMARTS) is 1. The Morgan fingerprint density at radius 1 is 1.80 bits per heavy atom. The molecule has 1 unspecified atom stereocenters. The Hall–Kier alpha value is -0.530. The van der Waals surface area contributed by atoms with Gasteiger partial charge in [0, 0.05) is 9.60 Å². The Balaban J connectivity index is 5.71. The van der Waals surface area contributed by atoms with Crippen molar-refractivity contribution in [2.24, 2.45) is 5.89 Å². The van der Waals surface area contributed by atoms with E-state index >= 15 is 0 Å². The molecule has 0 aliphatic carbocycles. The van der Waals surface area contributed by atoms with E-state index in [1.54, 1.807) is 0 Å². The number of rotatable bonds is 5. The SMILES string of the molecule is [2H]OC(=O)C([2H])(CC([2H])([2H])C)C([2H])([2H])C([2H])([2H])C. The summed E-state index contributed by atoms with van der Waals surface area (Å²) in [6, 6.07) is 0. The maximum absolute atomic E-state index is 11.4. The van der Waals surface area contributed by atoms with Gasteiger partial charge >= 0.3 is 5.97 Å². The van der Waals surface area contributed by atoms with E-state index in [-0.39, 0.29) is 0 Å². The third-order valence-electron chi connectivity index (χ3n) is 0.876. The predicted molar refractivity (Wildman–Crippen MR) is 40.9 cm³/mol. The van der Waals surface area contributed by atoms with Crippen LogP contribution in [-0.4, -0.2) is 11.1 Å². The molecule has 60 valence electrons. The minimum absolute atomic E-state index is 0.846. The lowest BCUT2D eigenvalue weighted by Gasteiger charge is -2.07. The standard InChI is InChI=1S/C8H16O2/c1-3-5-7(6-4-2)8(9)10/h7H,3-6H2,1-2H3,(H,9,10)/i3D2,4D2,5D2,7D/hD. The van der Waals surface area contributed by atoms with E-state index in [1.807, 2.05) is 0 Å². The molecule has 2 nitrogen and oxygen atoms in total. The van der Waals surface area contributed by atoms with Crippen LogP contribution in [0.4, 0.5) is 0 Å². The molecule has 0 aromatic rings. The molecule has 0 fully saturated rings. The number of hydrogen-bond acceptors (Lipinski definition) is 2. The fourth-order valence-corrected chi connectivity index (χ4v) is 0.495. The first-order valence-corrected chi connectivity index (χ1v) is 2.87. The highest BCUT2D eigenvalue weighted by Gasteiger charge is 2.13. The second-order valence-electron chi connectivity index (χ2n) is 1.67. The molecule has 0 aromatic heterocycles. The molecule has 2 heteroatoms.